The van der Waals surface area contributed by atoms with E-state index in [1.54, 1.807) is 6.08 Å². The summed E-state index contributed by atoms with van der Waals surface area (Å²) in [5.41, 5.74) is 3.29. The van der Waals surface area contributed by atoms with Gasteiger partial charge in [-0.3, -0.25) is 0 Å². The lowest BCUT2D eigenvalue weighted by Crippen LogP contribution is -2.26. The Balaban J connectivity index is 1.73. The minimum atomic E-state index is -1.75. The molecule has 0 radical (unpaired) electrons. The Bertz CT molecular complexity index is 1100. The van der Waals surface area contributed by atoms with E-state index in [2.05, 4.69) is 0 Å². The second-order valence-electron chi connectivity index (χ2n) is 7.18. The molecule has 1 heterocycles. The Labute approximate surface area is 175 Å². The van der Waals surface area contributed by atoms with Gasteiger partial charge in [-0.15, -0.1) is 0 Å². The Morgan fingerprint density at radius 3 is 2.27 bits per heavy atom. The van der Waals surface area contributed by atoms with Crippen LogP contribution in [0.4, 0.5) is 0 Å². The smallest absolute Gasteiger partial charge is 0.341 e. The molecule has 0 spiro atoms. The fourth-order valence-electron chi connectivity index (χ4n) is 3.46. The SMILES string of the molecule is CC1(O)OC(=O)C(C=Cc2ccccc2)=C1c1ccccc1OCc1ccccc1. The highest BCUT2D eigenvalue weighted by Gasteiger charge is 2.43. The summed E-state index contributed by atoms with van der Waals surface area (Å²) in [6.07, 6.45) is 3.51. The van der Waals surface area contributed by atoms with E-state index in [-0.39, 0.29) is 0 Å². The maximum absolute atomic E-state index is 12.6. The molecule has 1 atom stereocenters. The first kappa shape index (κ1) is 19.7. The van der Waals surface area contributed by atoms with E-state index in [0.29, 0.717) is 29.1 Å². The Hall–Kier alpha value is -3.63. The number of para-hydroxylation sites is 1. The molecule has 0 fully saturated rings. The van der Waals surface area contributed by atoms with Gasteiger partial charge < -0.3 is 14.6 Å². The second kappa shape index (κ2) is 8.39. The van der Waals surface area contributed by atoms with Gasteiger partial charge in [0.25, 0.3) is 0 Å². The van der Waals surface area contributed by atoms with Crippen LogP contribution in [0.15, 0.2) is 96.6 Å². The van der Waals surface area contributed by atoms with Crippen molar-refractivity contribution in [3.63, 3.8) is 0 Å². The molecular weight excluding hydrogens is 376 g/mol. The van der Waals surface area contributed by atoms with Gasteiger partial charge in [0.1, 0.15) is 12.4 Å². The number of cyclic esters (lactones) is 1. The molecule has 1 aliphatic heterocycles. The number of esters is 1. The van der Waals surface area contributed by atoms with Crippen LogP contribution in [0.25, 0.3) is 11.6 Å². The third-order valence-electron chi connectivity index (χ3n) is 4.88. The summed E-state index contributed by atoms with van der Waals surface area (Å²) < 4.78 is 11.3. The maximum atomic E-state index is 12.6. The molecule has 1 unspecified atom stereocenters. The van der Waals surface area contributed by atoms with Crippen LogP contribution < -0.4 is 4.74 Å². The van der Waals surface area contributed by atoms with Gasteiger partial charge in [-0.05, 0) is 23.3 Å². The van der Waals surface area contributed by atoms with E-state index in [1.165, 1.54) is 6.92 Å². The van der Waals surface area contributed by atoms with Crippen LogP contribution in [0, 0.1) is 0 Å². The summed E-state index contributed by atoms with van der Waals surface area (Å²) in [7, 11) is 0. The summed E-state index contributed by atoms with van der Waals surface area (Å²) in [6, 6.07) is 26.8. The van der Waals surface area contributed by atoms with Crippen molar-refractivity contribution in [2.75, 3.05) is 0 Å². The minimum absolute atomic E-state index is 0.305. The van der Waals surface area contributed by atoms with Crippen molar-refractivity contribution in [1.82, 2.24) is 0 Å². The maximum Gasteiger partial charge on any atom is 0.341 e. The lowest BCUT2D eigenvalue weighted by atomic mass is 9.94. The molecule has 3 aromatic rings. The molecule has 3 aromatic carbocycles. The van der Waals surface area contributed by atoms with E-state index in [0.717, 1.165) is 11.1 Å². The second-order valence-corrected chi connectivity index (χ2v) is 7.18. The fraction of sp³-hybridized carbons (Fsp3) is 0.115. The van der Waals surface area contributed by atoms with E-state index in [1.807, 2.05) is 91.0 Å². The Morgan fingerprint density at radius 1 is 0.900 bits per heavy atom. The Morgan fingerprint density at radius 2 is 1.53 bits per heavy atom. The number of ether oxygens (including phenoxy) is 2. The lowest BCUT2D eigenvalue weighted by molar-refractivity contribution is -0.170. The predicted molar refractivity (Wildman–Crippen MR) is 116 cm³/mol. The topological polar surface area (TPSA) is 55.8 Å². The van der Waals surface area contributed by atoms with Gasteiger partial charge in [0, 0.05) is 18.1 Å². The van der Waals surface area contributed by atoms with E-state index in [9.17, 15) is 9.90 Å². The highest BCUT2D eigenvalue weighted by Crippen LogP contribution is 2.42. The fourth-order valence-corrected chi connectivity index (χ4v) is 3.46. The number of rotatable bonds is 6. The van der Waals surface area contributed by atoms with Gasteiger partial charge in [0.2, 0.25) is 5.79 Å². The van der Waals surface area contributed by atoms with E-state index >= 15 is 0 Å². The first-order valence-corrected chi connectivity index (χ1v) is 9.74. The number of hydrogen-bond donors (Lipinski definition) is 1. The minimum Gasteiger partial charge on any atom is -0.488 e. The quantitative estimate of drug-likeness (QED) is 0.594. The van der Waals surface area contributed by atoms with Crippen molar-refractivity contribution in [3.8, 4) is 5.75 Å². The van der Waals surface area contributed by atoms with E-state index < -0.39 is 11.8 Å². The van der Waals surface area contributed by atoms with Crippen LogP contribution in [0.2, 0.25) is 0 Å². The molecular formula is C26H22O4. The lowest BCUT2D eigenvalue weighted by Gasteiger charge is -2.21. The predicted octanol–water partition coefficient (Wildman–Crippen LogP) is 5.00. The van der Waals surface area contributed by atoms with Gasteiger partial charge in [-0.25, -0.2) is 4.79 Å². The normalized spacial score (nSPS) is 18.7. The zero-order valence-electron chi connectivity index (χ0n) is 16.6. The number of aliphatic hydroxyl groups is 1. The van der Waals surface area contributed by atoms with Crippen molar-refractivity contribution in [2.45, 2.75) is 19.3 Å². The first-order chi connectivity index (χ1) is 14.5. The van der Waals surface area contributed by atoms with Crippen LogP contribution in [0.3, 0.4) is 0 Å². The molecule has 1 aliphatic rings. The zero-order valence-corrected chi connectivity index (χ0v) is 16.6. The van der Waals surface area contributed by atoms with Gasteiger partial charge in [-0.1, -0.05) is 84.9 Å². The van der Waals surface area contributed by atoms with Crippen molar-refractivity contribution < 1.29 is 19.4 Å². The van der Waals surface area contributed by atoms with Gasteiger partial charge in [0.05, 0.1) is 5.57 Å². The molecule has 30 heavy (non-hydrogen) atoms. The van der Waals surface area contributed by atoms with Crippen LogP contribution in [0.5, 0.6) is 5.75 Å². The number of hydrogen-bond acceptors (Lipinski definition) is 4. The number of benzene rings is 3. The van der Waals surface area contributed by atoms with Crippen LogP contribution in [-0.2, 0) is 16.1 Å². The zero-order chi connectivity index (χ0) is 21.0. The summed E-state index contributed by atoms with van der Waals surface area (Å²) in [5.74, 6) is -1.75. The van der Waals surface area contributed by atoms with Crippen LogP contribution in [-0.4, -0.2) is 16.9 Å². The highest BCUT2D eigenvalue weighted by atomic mass is 16.7. The van der Waals surface area contributed by atoms with Gasteiger partial charge in [0.15, 0.2) is 0 Å². The third-order valence-corrected chi connectivity index (χ3v) is 4.88. The van der Waals surface area contributed by atoms with Crippen LogP contribution in [0.1, 0.15) is 23.6 Å². The monoisotopic (exact) mass is 398 g/mol. The summed E-state index contributed by atoms with van der Waals surface area (Å²) in [4.78, 5) is 12.6. The molecule has 0 amide bonds. The summed E-state index contributed by atoms with van der Waals surface area (Å²) in [6.45, 7) is 1.84. The standard InChI is InChI=1S/C26H22O4/c1-26(28)24(22(25(27)30-26)17-16-19-10-4-2-5-11-19)21-14-8-9-15-23(21)29-18-20-12-6-3-7-13-20/h2-17,28H,18H2,1H3. The number of carbonyl (C=O) groups is 1. The molecule has 0 aliphatic carbocycles. The molecule has 0 bridgehead atoms. The highest BCUT2D eigenvalue weighted by molar-refractivity contribution is 6.07. The molecule has 4 rings (SSSR count). The molecule has 0 saturated carbocycles. The molecule has 0 aromatic heterocycles. The molecule has 4 heteroatoms. The van der Waals surface area contributed by atoms with E-state index in [4.69, 9.17) is 9.47 Å². The van der Waals surface area contributed by atoms with Crippen molar-refractivity contribution in [2.24, 2.45) is 0 Å². The largest absolute Gasteiger partial charge is 0.488 e. The average Bonchev–Trinajstić information content (AvgIpc) is 2.99. The van der Waals surface area contributed by atoms with Gasteiger partial charge in [-0.2, -0.15) is 0 Å². The average molecular weight is 398 g/mol. The molecule has 1 N–H and O–H groups in total. The molecule has 4 nitrogen and oxygen atoms in total. The Kier molecular flexibility index (Phi) is 5.50. The van der Waals surface area contributed by atoms with Gasteiger partial charge >= 0.3 is 5.97 Å². The third kappa shape index (κ3) is 4.19. The molecule has 150 valence electrons. The summed E-state index contributed by atoms with van der Waals surface area (Å²) >= 11 is 0. The van der Waals surface area contributed by atoms with Crippen molar-refractivity contribution in [3.05, 3.63) is 113 Å². The van der Waals surface area contributed by atoms with Crippen molar-refractivity contribution in [1.29, 1.82) is 0 Å². The summed E-state index contributed by atoms with van der Waals surface area (Å²) in [5, 5.41) is 10.9. The first-order valence-electron chi connectivity index (χ1n) is 9.74. The number of carbonyl (C=O) groups excluding carboxylic acids is 1. The van der Waals surface area contributed by atoms with Crippen molar-refractivity contribution >= 4 is 17.6 Å². The van der Waals surface area contributed by atoms with Crippen LogP contribution >= 0.6 is 0 Å². The molecule has 0 saturated heterocycles.